The van der Waals surface area contributed by atoms with E-state index < -0.39 is 0 Å². The number of benzene rings is 1. The minimum absolute atomic E-state index is 0.141. The Kier molecular flexibility index (Phi) is 4.39. The molecule has 1 heterocycles. The summed E-state index contributed by atoms with van der Waals surface area (Å²) in [5.41, 5.74) is 1.25. The van der Waals surface area contributed by atoms with Gasteiger partial charge in [-0.15, -0.1) is 0 Å². The van der Waals surface area contributed by atoms with Gasteiger partial charge in [0, 0.05) is 18.1 Å². The van der Waals surface area contributed by atoms with Crippen LogP contribution < -0.4 is 4.90 Å². The van der Waals surface area contributed by atoms with Crippen molar-refractivity contribution in [2.45, 2.75) is 32.2 Å². The Labute approximate surface area is 144 Å². The van der Waals surface area contributed by atoms with Crippen LogP contribution in [0.1, 0.15) is 30.3 Å². The Morgan fingerprint density at radius 1 is 1.52 bits per heavy atom. The summed E-state index contributed by atoms with van der Waals surface area (Å²) in [7, 11) is 1.85. The lowest BCUT2D eigenvalue weighted by Gasteiger charge is -2.20. The molecule has 0 spiro atoms. The Morgan fingerprint density at radius 2 is 2.26 bits per heavy atom. The predicted octanol–water partition coefficient (Wildman–Crippen LogP) is 2.86. The van der Waals surface area contributed by atoms with Gasteiger partial charge in [-0.25, -0.2) is 4.68 Å². The molecule has 1 saturated carbocycles. The first-order valence-electron chi connectivity index (χ1n) is 7.25. The van der Waals surface area contributed by atoms with E-state index in [0.717, 1.165) is 12.8 Å². The highest BCUT2D eigenvalue weighted by molar-refractivity contribution is 7.71. The molecule has 0 aliphatic heterocycles. The van der Waals surface area contributed by atoms with Crippen LogP contribution in [-0.2, 0) is 13.3 Å². The number of anilines is 1. The van der Waals surface area contributed by atoms with Crippen LogP contribution in [0.25, 0.3) is 0 Å². The maximum atomic E-state index is 9.49. The van der Waals surface area contributed by atoms with Gasteiger partial charge in [-0.1, -0.05) is 11.6 Å². The van der Waals surface area contributed by atoms with Crippen molar-refractivity contribution >= 4 is 29.5 Å². The minimum Gasteiger partial charge on any atom is -0.388 e. The molecule has 8 heteroatoms. The van der Waals surface area contributed by atoms with Crippen molar-refractivity contribution in [1.29, 1.82) is 5.26 Å². The number of nitrogens with zero attached hydrogens (tertiary/aromatic N) is 5. The number of aliphatic hydroxyl groups excluding tert-OH is 1. The third-order valence-corrected chi connectivity index (χ3v) is 4.47. The van der Waals surface area contributed by atoms with Gasteiger partial charge in [-0.05, 0) is 43.3 Å². The fourth-order valence-electron chi connectivity index (χ4n) is 2.56. The summed E-state index contributed by atoms with van der Waals surface area (Å²) in [6.45, 7) is 0.234. The fraction of sp³-hybridized carbons (Fsp3) is 0.400. The number of hydrogen-bond donors (Lipinski definition) is 1. The van der Waals surface area contributed by atoms with Gasteiger partial charge in [0.15, 0.2) is 10.6 Å². The molecular formula is C15H16ClN5OS. The molecule has 1 aromatic heterocycles. The summed E-state index contributed by atoms with van der Waals surface area (Å²) in [6, 6.07) is 7.63. The summed E-state index contributed by atoms with van der Waals surface area (Å²) in [4.78, 5) is 1.87. The summed E-state index contributed by atoms with van der Waals surface area (Å²) >= 11 is 11.5. The quantitative estimate of drug-likeness (QED) is 0.840. The van der Waals surface area contributed by atoms with Gasteiger partial charge in [-0.2, -0.15) is 10.4 Å². The standard InChI is InChI=1S/C15H16ClN5OS/c1-19(13-6-11(16)3-2-10(13)7-17)9-20-15(23)21(12-4-5-12)14(8-22)18-20/h2-3,6,12,22H,4-5,8-9H2,1H3. The zero-order chi connectivity index (χ0) is 16.6. The largest absolute Gasteiger partial charge is 0.388 e. The second-order valence-corrected chi connectivity index (χ2v) is 6.37. The zero-order valence-corrected chi connectivity index (χ0v) is 14.2. The average molecular weight is 350 g/mol. The van der Waals surface area contributed by atoms with E-state index in [1.54, 1.807) is 22.9 Å². The molecule has 3 rings (SSSR count). The first-order valence-corrected chi connectivity index (χ1v) is 8.03. The van der Waals surface area contributed by atoms with E-state index in [-0.39, 0.29) is 6.61 Å². The summed E-state index contributed by atoms with van der Waals surface area (Å²) in [5.74, 6) is 0.581. The van der Waals surface area contributed by atoms with Gasteiger partial charge < -0.3 is 10.0 Å². The van der Waals surface area contributed by atoms with E-state index in [4.69, 9.17) is 23.8 Å². The van der Waals surface area contributed by atoms with Gasteiger partial charge >= 0.3 is 0 Å². The van der Waals surface area contributed by atoms with Gasteiger partial charge in [0.25, 0.3) is 0 Å². The molecule has 1 fully saturated rings. The second kappa shape index (κ2) is 6.32. The van der Waals surface area contributed by atoms with Gasteiger partial charge in [0.1, 0.15) is 19.3 Å². The predicted molar refractivity (Wildman–Crippen MR) is 89.8 cm³/mol. The van der Waals surface area contributed by atoms with Crippen LogP contribution in [0.4, 0.5) is 5.69 Å². The van der Waals surface area contributed by atoms with Gasteiger partial charge in [0.2, 0.25) is 0 Å². The van der Waals surface area contributed by atoms with Crippen LogP contribution in [0.15, 0.2) is 18.2 Å². The number of halogens is 1. The Balaban J connectivity index is 1.92. The third kappa shape index (κ3) is 3.11. The van der Waals surface area contributed by atoms with Crippen molar-refractivity contribution in [3.8, 4) is 6.07 Å². The van der Waals surface area contributed by atoms with Crippen LogP contribution in [0, 0.1) is 16.1 Å². The molecule has 0 saturated heterocycles. The first kappa shape index (κ1) is 16.0. The maximum absolute atomic E-state index is 9.49. The Morgan fingerprint density at radius 3 is 2.87 bits per heavy atom. The number of aliphatic hydroxyl groups is 1. The number of hydrogen-bond acceptors (Lipinski definition) is 5. The van der Waals surface area contributed by atoms with Crippen LogP contribution in [-0.4, -0.2) is 26.5 Å². The van der Waals surface area contributed by atoms with E-state index >= 15 is 0 Å². The van der Waals surface area contributed by atoms with Crippen molar-refractivity contribution in [1.82, 2.24) is 14.3 Å². The minimum atomic E-state index is -0.141. The Hall–Kier alpha value is -1.88. The molecule has 0 bridgehead atoms. The topological polar surface area (TPSA) is 70.0 Å². The van der Waals surface area contributed by atoms with Crippen molar-refractivity contribution in [3.05, 3.63) is 39.4 Å². The molecule has 1 aliphatic carbocycles. The summed E-state index contributed by atoms with van der Waals surface area (Å²) in [5, 5.41) is 23.7. The normalized spacial score (nSPS) is 13.8. The van der Waals surface area contributed by atoms with E-state index in [0.29, 0.717) is 39.6 Å². The van der Waals surface area contributed by atoms with E-state index in [1.807, 2.05) is 16.5 Å². The lowest BCUT2D eigenvalue weighted by atomic mass is 10.2. The maximum Gasteiger partial charge on any atom is 0.199 e. The molecule has 0 radical (unpaired) electrons. The lowest BCUT2D eigenvalue weighted by molar-refractivity contribution is 0.263. The van der Waals surface area contributed by atoms with Crippen molar-refractivity contribution < 1.29 is 5.11 Å². The smallest absolute Gasteiger partial charge is 0.199 e. The van der Waals surface area contributed by atoms with Crippen molar-refractivity contribution in [2.75, 3.05) is 11.9 Å². The summed E-state index contributed by atoms with van der Waals surface area (Å²) in [6.07, 6.45) is 2.13. The molecule has 1 aromatic carbocycles. The molecule has 1 aliphatic rings. The van der Waals surface area contributed by atoms with Crippen LogP contribution in [0.3, 0.4) is 0 Å². The zero-order valence-electron chi connectivity index (χ0n) is 12.6. The molecule has 23 heavy (non-hydrogen) atoms. The molecule has 120 valence electrons. The van der Waals surface area contributed by atoms with Gasteiger partial charge in [-0.3, -0.25) is 4.57 Å². The van der Waals surface area contributed by atoms with E-state index in [2.05, 4.69) is 11.2 Å². The van der Waals surface area contributed by atoms with Gasteiger partial charge in [0.05, 0.1) is 11.3 Å². The molecule has 1 N–H and O–H groups in total. The Bertz CT molecular complexity index is 833. The molecule has 0 atom stereocenters. The molecule has 2 aromatic rings. The molecular weight excluding hydrogens is 334 g/mol. The molecule has 6 nitrogen and oxygen atoms in total. The highest BCUT2D eigenvalue weighted by Gasteiger charge is 2.28. The first-order chi connectivity index (χ1) is 11.0. The van der Waals surface area contributed by atoms with Crippen LogP contribution in [0.2, 0.25) is 5.02 Å². The number of aromatic nitrogens is 3. The second-order valence-electron chi connectivity index (χ2n) is 5.57. The number of rotatable bonds is 5. The fourth-order valence-corrected chi connectivity index (χ4v) is 3.08. The van der Waals surface area contributed by atoms with E-state index in [9.17, 15) is 10.4 Å². The highest BCUT2D eigenvalue weighted by Crippen LogP contribution is 2.36. The highest BCUT2D eigenvalue weighted by atomic mass is 35.5. The monoisotopic (exact) mass is 349 g/mol. The third-order valence-electron chi connectivity index (χ3n) is 3.83. The van der Waals surface area contributed by atoms with Crippen molar-refractivity contribution in [3.63, 3.8) is 0 Å². The summed E-state index contributed by atoms with van der Waals surface area (Å²) < 4.78 is 4.18. The van der Waals surface area contributed by atoms with E-state index in [1.165, 1.54) is 0 Å². The van der Waals surface area contributed by atoms with Crippen LogP contribution >= 0.6 is 23.8 Å². The van der Waals surface area contributed by atoms with Crippen LogP contribution in [0.5, 0.6) is 0 Å². The molecule has 0 amide bonds. The van der Waals surface area contributed by atoms with Crippen molar-refractivity contribution in [2.24, 2.45) is 0 Å². The SMILES string of the molecule is CN(Cn1nc(CO)n(C2CC2)c1=S)c1cc(Cl)ccc1C#N. The number of nitriles is 1. The average Bonchev–Trinajstić information content (AvgIpc) is 3.33. The lowest BCUT2D eigenvalue weighted by Crippen LogP contribution is -2.23. The molecule has 0 unspecified atom stereocenters.